The van der Waals surface area contributed by atoms with Crippen molar-refractivity contribution >= 4 is 28.6 Å². The molecule has 1 aliphatic rings. The molecule has 1 amide bonds. The molecule has 4 rings (SSSR count). The lowest BCUT2D eigenvalue weighted by atomic mass is 10.0. The van der Waals surface area contributed by atoms with Crippen LogP contribution in [0.1, 0.15) is 48.5 Å². The molecule has 1 fully saturated rings. The fourth-order valence-electron chi connectivity index (χ4n) is 3.41. The third-order valence-corrected chi connectivity index (χ3v) is 6.30. The summed E-state index contributed by atoms with van der Waals surface area (Å²) in [6.07, 6.45) is 1.44. The van der Waals surface area contributed by atoms with E-state index in [1.54, 1.807) is 0 Å². The van der Waals surface area contributed by atoms with E-state index in [0.29, 0.717) is 23.3 Å². The Kier molecular flexibility index (Phi) is 6.78. The van der Waals surface area contributed by atoms with Crippen molar-refractivity contribution in [3.05, 3.63) is 65.7 Å². The van der Waals surface area contributed by atoms with Crippen molar-refractivity contribution in [3.63, 3.8) is 0 Å². The summed E-state index contributed by atoms with van der Waals surface area (Å²) >= 11 is 1.43. The number of amides is 1. The first-order valence-corrected chi connectivity index (χ1v) is 11.7. The monoisotopic (exact) mass is 436 g/mol. The summed E-state index contributed by atoms with van der Waals surface area (Å²) in [6.45, 7) is 4.45. The van der Waals surface area contributed by atoms with E-state index < -0.39 is 6.10 Å². The smallest absolute Gasteiger partial charge is 0.252 e. The van der Waals surface area contributed by atoms with Crippen LogP contribution in [0.5, 0.6) is 5.75 Å². The number of thioether (sulfide) groups is 1. The van der Waals surface area contributed by atoms with E-state index in [2.05, 4.69) is 24.1 Å². The number of nitrogens with one attached hydrogen (secondary N) is 1. The first-order chi connectivity index (χ1) is 15.0. The summed E-state index contributed by atoms with van der Waals surface area (Å²) in [4.78, 5) is 17.4. The Morgan fingerprint density at radius 3 is 2.71 bits per heavy atom. The van der Waals surface area contributed by atoms with E-state index in [1.807, 2.05) is 54.6 Å². The number of carbonyl (C=O) groups excluding carboxylic acids is 1. The largest absolute Gasteiger partial charge is 0.491 e. The molecule has 0 bridgehead atoms. The van der Waals surface area contributed by atoms with Gasteiger partial charge >= 0.3 is 0 Å². The van der Waals surface area contributed by atoms with Crippen molar-refractivity contribution in [2.24, 2.45) is 0 Å². The van der Waals surface area contributed by atoms with Crippen molar-refractivity contribution in [1.82, 2.24) is 10.3 Å². The molecule has 2 aromatic carbocycles. The predicted molar refractivity (Wildman–Crippen MR) is 125 cm³/mol. The van der Waals surface area contributed by atoms with Gasteiger partial charge in [-0.15, -0.1) is 11.8 Å². The van der Waals surface area contributed by atoms with Crippen LogP contribution in [-0.2, 0) is 0 Å². The number of hydrogen-bond donors (Lipinski definition) is 2. The van der Waals surface area contributed by atoms with E-state index >= 15 is 0 Å². The lowest BCUT2D eigenvalue weighted by Gasteiger charge is -2.16. The summed E-state index contributed by atoms with van der Waals surface area (Å²) in [6, 6.07) is 17.7. The zero-order valence-corrected chi connectivity index (χ0v) is 18.7. The number of aliphatic hydroxyl groups is 1. The lowest BCUT2D eigenvalue weighted by molar-refractivity contribution is 0.0952. The maximum atomic E-state index is 12.7. The van der Waals surface area contributed by atoms with Crippen LogP contribution in [0.3, 0.4) is 0 Å². The maximum absolute atomic E-state index is 12.7. The van der Waals surface area contributed by atoms with Gasteiger partial charge in [0.05, 0.1) is 22.2 Å². The minimum absolute atomic E-state index is 0.0582. The molecule has 1 atom stereocenters. The van der Waals surface area contributed by atoms with Gasteiger partial charge in [-0.1, -0.05) is 50.2 Å². The summed E-state index contributed by atoms with van der Waals surface area (Å²) in [5.41, 5.74) is 2.55. The number of carbonyl (C=O) groups is 1. The number of nitrogens with zero attached hydrogens (tertiary/aromatic N) is 1. The van der Waals surface area contributed by atoms with Crippen LogP contribution in [-0.4, -0.2) is 40.5 Å². The van der Waals surface area contributed by atoms with E-state index in [9.17, 15) is 9.90 Å². The summed E-state index contributed by atoms with van der Waals surface area (Å²) in [7, 11) is 0. The molecule has 0 saturated heterocycles. The molecule has 162 valence electrons. The first kappa shape index (κ1) is 21.7. The highest BCUT2D eigenvalue weighted by molar-refractivity contribution is 7.99. The van der Waals surface area contributed by atoms with E-state index in [1.165, 1.54) is 11.8 Å². The van der Waals surface area contributed by atoms with Crippen molar-refractivity contribution in [1.29, 1.82) is 0 Å². The number of aliphatic hydroxyl groups excluding tert-OH is 1. The predicted octanol–water partition coefficient (Wildman–Crippen LogP) is 4.78. The normalized spacial score (nSPS) is 14.6. The quantitative estimate of drug-likeness (QED) is 0.472. The van der Waals surface area contributed by atoms with Gasteiger partial charge in [-0.05, 0) is 42.5 Å². The zero-order chi connectivity index (χ0) is 21.8. The van der Waals surface area contributed by atoms with Crippen LogP contribution in [0.15, 0.2) is 59.6 Å². The minimum Gasteiger partial charge on any atom is -0.491 e. The number of aromatic nitrogens is 1. The Morgan fingerprint density at radius 1 is 1.19 bits per heavy atom. The van der Waals surface area contributed by atoms with Crippen molar-refractivity contribution < 1.29 is 14.6 Å². The molecule has 1 saturated carbocycles. The third-order valence-electron chi connectivity index (χ3n) is 5.25. The Balaban J connectivity index is 1.42. The van der Waals surface area contributed by atoms with Gasteiger partial charge in [0.25, 0.3) is 5.91 Å². The molecule has 3 aromatic rings. The molecule has 2 N–H and O–H groups in total. The van der Waals surface area contributed by atoms with E-state index in [4.69, 9.17) is 4.74 Å². The van der Waals surface area contributed by atoms with Crippen molar-refractivity contribution in [2.75, 3.05) is 12.4 Å². The van der Waals surface area contributed by atoms with Gasteiger partial charge in [0.2, 0.25) is 0 Å². The molecule has 6 heteroatoms. The fourth-order valence-corrected chi connectivity index (χ4v) is 4.23. The number of rotatable bonds is 9. The van der Waals surface area contributed by atoms with Crippen LogP contribution in [0.25, 0.3) is 10.9 Å². The van der Waals surface area contributed by atoms with Gasteiger partial charge in [0, 0.05) is 17.2 Å². The highest BCUT2D eigenvalue weighted by Crippen LogP contribution is 2.28. The minimum atomic E-state index is -0.651. The average Bonchev–Trinajstić information content (AvgIpc) is 3.59. The van der Waals surface area contributed by atoms with Crippen LogP contribution in [0.4, 0.5) is 0 Å². The highest BCUT2D eigenvalue weighted by atomic mass is 32.2. The van der Waals surface area contributed by atoms with Crippen molar-refractivity contribution in [2.45, 2.75) is 49.8 Å². The Bertz CT molecular complexity index is 1070. The second-order valence-electron chi connectivity index (χ2n) is 8.24. The number of fused-ring (bicyclic) bond motifs is 1. The van der Waals surface area contributed by atoms with Crippen LogP contribution >= 0.6 is 11.8 Å². The van der Waals surface area contributed by atoms with Gasteiger partial charge in [-0.3, -0.25) is 4.79 Å². The standard InChI is InChI=1S/C25H28N2O3S/c1-16(2)19-7-4-6-10-23(19)30-14-18(28)15-31-24-13-21(25(29)26-17-11-12-17)20-8-3-5-9-22(20)27-24/h3-10,13,16-18,28H,11-12,14-15H2,1-2H3,(H,26,29). The van der Waals surface area contributed by atoms with Gasteiger partial charge < -0.3 is 15.2 Å². The highest BCUT2D eigenvalue weighted by Gasteiger charge is 2.25. The molecule has 1 unspecified atom stereocenters. The summed E-state index contributed by atoms with van der Waals surface area (Å²) in [5.74, 6) is 1.53. The molecule has 5 nitrogen and oxygen atoms in total. The van der Waals surface area contributed by atoms with Gasteiger partial charge in [-0.2, -0.15) is 0 Å². The number of para-hydroxylation sites is 2. The van der Waals surface area contributed by atoms with Gasteiger partial charge in [-0.25, -0.2) is 4.98 Å². The van der Waals surface area contributed by atoms with Gasteiger partial charge in [0.15, 0.2) is 0 Å². The molecule has 31 heavy (non-hydrogen) atoms. The second-order valence-corrected chi connectivity index (χ2v) is 9.28. The molecular formula is C25H28N2O3S. The van der Waals surface area contributed by atoms with E-state index in [0.717, 1.165) is 40.1 Å². The number of hydrogen-bond acceptors (Lipinski definition) is 5. The Hall–Kier alpha value is -2.57. The van der Waals surface area contributed by atoms with Crippen LogP contribution < -0.4 is 10.1 Å². The summed E-state index contributed by atoms with van der Waals surface area (Å²) < 4.78 is 5.88. The van der Waals surface area contributed by atoms with E-state index in [-0.39, 0.29) is 12.5 Å². The average molecular weight is 437 g/mol. The topological polar surface area (TPSA) is 71.5 Å². The molecular weight excluding hydrogens is 408 g/mol. The zero-order valence-electron chi connectivity index (χ0n) is 17.9. The third kappa shape index (κ3) is 5.57. The van der Waals surface area contributed by atoms with Gasteiger partial charge in [0.1, 0.15) is 12.4 Å². The molecule has 0 aliphatic heterocycles. The van der Waals surface area contributed by atoms with Crippen LogP contribution in [0.2, 0.25) is 0 Å². The second kappa shape index (κ2) is 9.71. The number of ether oxygens (including phenoxy) is 1. The molecule has 1 aromatic heterocycles. The number of benzene rings is 2. The first-order valence-electron chi connectivity index (χ1n) is 10.7. The Labute approximate surface area is 187 Å². The van der Waals surface area contributed by atoms with Crippen molar-refractivity contribution in [3.8, 4) is 5.75 Å². The molecule has 1 aliphatic carbocycles. The Morgan fingerprint density at radius 2 is 1.94 bits per heavy atom. The number of pyridine rings is 1. The van der Waals surface area contributed by atoms with Crippen LogP contribution in [0, 0.1) is 0 Å². The molecule has 0 spiro atoms. The summed E-state index contributed by atoms with van der Waals surface area (Å²) in [5, 5.41) is 15.1. The fraction of sp³-hybridized carbons (Fsp3) is 0.360. The maximum Gasteiger partial charge on any atom is 0.252 e. The lowest BCUT2D eigenvalue weighted by Crippen LogP contribution is -2.25. The SMILES string of the molecule is CC(C)c1ccccc1OCC(O)CSc1cc(C(=O)NC2CC2)c2ccccc2n1. The molecule has 1 heterocycles. The molecule has 0 radical (unpaired) electrons.